The molecular formula is C15H13N3O4. The Balaban J connectivity index is 1.91. The molecule has 1 N–H and O–H groups in total. The summed E-state index contributed by atoms with van der Waals surface area (Å²) in [6.45, 7) is 1.91. The van der Waals surface area contributed by atoms with Gasteiger partial charge in [0.15, 0.2) is 11.5 Å². The summed E-state index contributed by atoms with van der Waals surface area (Å²) in [5.41, 5.74) is 2.15. The molecule has 0 spiro atoms. The lowest BCUT2D eigenvalue weighted by Crippen LogP contribution is -2.12. The van der Waals surface area contributed by atoms with Gasteiger partial charge in [0.2, 0.25) is 5.82 Å². The number of carbonyl (C=O) groups is 1. The topological polar surface area (TPSA) is 90.4 Å². The zero-order chi connectivity index (χ0) is 15.5. The predicted molar refractivity (Wildman–Crippen MR) is 77.7 cm³/mol. The zero-order valence-electron chi connectivity index (χ0n) is 12.0. The molecule has 0 unspecified atom stereocenters. The highest BCUT2D eigenvalue weighted by Gasteiger charge is 2.18. The fourth-order valence-electron chi connectivity index (χ4n) is 2.05. The number of aryl methyl sites for hydroxylation is 1. The third-order valence-corrected chi connectivity index (χ3v) is 3.15. The van der Waals surface area contributed by atoms with E-state index < -0.39 is 5.91 Å². The lowest BCUT2D eigenvalue weighted by Gasteiger charge is -2.06. The molecule has 0 fully saturated rings. The normalized spacial score (nSPS) is 10.5. The molecular weight excluding hydrogens is 286 g/mol. The van der Waals surface area contributed by atoms with Gasteiger partial charge in [-0.25, -0.2) is 4.63 Å². The van der Waals surface area contributed by atoms with Crippen molar-refractivity contribution in [1.82, 2.24) is 10.3 Å². The van der Waals surface area contributed by atoms with Crippen LogP contribution in [-0.4, -0.2) is 23.3 Å². The Kier molecular flexibility index (Phi) is 3.61. The maximum Gasteiger partial charge on any atom is 0.292 e. The van der Waals surface area contributed by atoms with Crippen molar-refractivity contribution in [2.45, 2.75) is 6.92 Å². The van der Waals surface area contributed by atoms with Gasteiger partial charge in [-0.15, -0.1) is 0 Å². The van der Waals surface area contributed by atoms with Crippen LogP contribution in [0, 0.1) is 6.92 Å². The number of hydrogen-bond donors (Lipinski definition) is 1. The van der Waals surface area contributed by atoms with Gasteiger partial charge >= 0.3 is 0 Å². The zero-order valence-corrected chi connectivity index (χ0v) is 12.0. The van der Waals surface area contributed by atoms with Gasteiger partial charge in [0.1, 0.15) is 5.75 Å². The summed E-state index contributed by atoms with van der Waals surface area (Å²) in [6, 6.07) is 8.68. The van der Waals surface area contributed by atoms with Gasteiger partial charge in [-0.2, -0.15) is 0 Å². The molecule has 2 aromatic heterocycles. The van der Waals surface area contributed by atoms with Crippen molar-refractivity contribution in [2.75, 3.05) is 12.4 Å². The van der Waals surface area contributed by atoms with E-state index in [4.69, 9.17) is 13.8 Å². The number of benzene rings is 1. The number of ether oxygens (including phenoxy) is 1. The molecule has 0 radical (unpaired) electrons. The third kappa shape index (κ3) is 2.56. The summed E-state index contributed by atoms with van der Waals surface area (Å²) in [6.07, 6.45) is 1.42. The number of nitrogens with one attached hydrogen (secondary N) is 1. The highest BCUT2D eigenvalue weighted by Crippen LogP contribution is 2.30. The molecule has 1 amide bonds. The van der Waals surface area contributed by atoms with Crippen LogP contribution in [0.3, 0.4) is 0 Å². The summed E-state index contributed by atoms with van der Waals surface area (Å²) in [5, 5.41) is 10.2. The van der Waals surface area contributed by atoms with E-state index in [1.165, 1.54) is 6.26 Å². The van der Waals surface area contributed by atoms with Crippen LogP contribution >= 0.6 is 0 Å². The smallest absolute Gasteiger partial charge is 0.292 e. The Morgan fingerprint density at radius 2 is 2.14 bits per heavy atom. The predicted octanol–water partition coefficient (Wildman–Crippen LogP) is 2.90. The standard InChI is InChI=1S/C15H13N3O4/c1-9-8-10(20-2)5-6-11(9)13-14(18-22-17-13)16-15(19)12-4-3-7-21-12/h3-8H,1-2H3,(H,16,18,19). The maximum absolute atomic E-state index is 12.0. The quantitative estimate of drug-likeness (QED) is 0.796. The summed E-state index contributed by atoms with van der Waals surface area (Å²) in [4.78, 5) is 12.0. The molecule has 7 nitrogen and oxygen atoms in total. The maximum atomic E-state index is 12.0. The van der Waals surface area contributed by atoms with Crippen LogP contribution in [0.4, 0.5) is 5.82 Å². The largest absolute Gasteiger partial charge is 0.497 e. The van der Waals surface area contributed by atoms with Gasteiger partial charge in [-0.3, -0.25) is 10.1 Å². The fraction of sp³-hybridized carbons (Fsp3) is 0.133. The van der Waals surface area contributed by atoms with Crippen LogP contribution in [0.1, 0.15) is 16.1 Å². The van der Waals surface area contributed by atoms with E-state index in [-0.39, 0.29) is 11.6 Å². The fourth-order valence-corrected chi connectivity index (χ4v) is 2.05. The highest BCUT2D eigenvalue weighted by atomic mass is 16.6. The molecule has 0 saturated heterocycles. The number of hydrogen-bond acceptors (Lipinski definition) is 6. The van der Waals surface area contributed by atoms with Crippen LogP contribution in [0.5, 0.6) is 5.75 Å². The summed E-state index contributed by atoms with van der Waals surface area (Å²) < 4.78 is 15.0. The second kappa shape index (κ2) is 5.72. The van der Waals surface area contributed by atoms with E-state index in [9.17, 15) is 4.79 Å². The van der Waals surface area contributed by atoms with Crippen molar-refractivity contribution in [3.05, 3.63) is 47.9 Å². The Bertz CT molecular complexity index is 793. The first-order valence-corrected chi connectivity index (χ1v) is 6.51. The van der Waals surface area contributed by atoms with Crippen molar-refractivity contribution in [2.24, 2.45) is 0 Å². The first kappa shape index (κ1) is 13.9. The minimum Gasteiger partial charge on any atom is -0.497 e. The minimum atomic E-state index is -0.423. The Hall–Kier alpha value is -3.09. The molecule has 0 atom stereocenters. The van der Waals surface area contributed by atoms with Crippen molar-refractivity contribution in [1.29, 1.82) is 0 Å². The van der Waals surface area contributed by atoms with Crippen LogP contribution in [0.2, 0.25) is 0 Å². The highest BCUT2D eigenvalue weighted by molar-refractivity contribution is 6.03. The molecule has 0 bridgehead atoms. The van der Waals surface area contributed by atoms with E-state index in [1.807, 2.05) is 19.1 Å². The number of amides is 1. The molecule has 3 aromatic rings. The van der Waals surface area contributed by atoms with Crippen molar-refractivity contribution in [3.8, 4) is 17.0 Å². The van der Waals surface area contributed by atoms with E-state index in [0.29, 0.717) is 5.69 Å². The van der Waals surface area contributed by atoms with Gasteiger partial charge in [0, 0.05) is 5.56 Å². The van der Waals surface area contributed by atoms with Gasteiger partial charge in [0.05, 0.1) is 13.4 Å². The lowest BCUT2D eigenvalue weighted by atomic mass is 10.1. The number of aromatic nitrogens is 2. The first-order chi connectivity index (χ1) is 10.7. The number of carbonyl (C=O) groups excluding carboxylic acids is 1. The van der Waals surface area contributed by atoms with Crippen LogP contribution in [0.15, 0.2) is 45.6 Å². The number of rotatable bonds is 4. The second-order valence-electron chi connectivity index (χ2n) is 4.57. The Labute approximate surface area is 125 Å². The Morgan fingerprint density at radius 1 is 1.27 bits per heavy atom. The summed E-state index contributed by atoms with van der Waals surface area (Å²) in [5.74, 6) is 0.724. The Morgan fingerprint density at radius 3 is 2.82 bits per heavy atom. The summed E-state index contributed by atoms with van der Waals surface area (Å²) in [7, 11) is 1.60. The van der Waals surface area contributed by atoms with Crippen LogP contribution < -0.4 is 10.1 Å². The number of anilines is 1. The van der Waals surface area contributed by atoms with Gasteiger partial charge < -0.3 is 9.15 Å². The monoisotopic (exact) mass is 299 g/mol. The first-order valence-electron chi connectivity index (χ1n) is 6.51. The van der Waals surface area contributed by atoms with Crippen molar-refractivity contribution >= 4 is 11.7 Å². The van der Waals surface area contributed by atoms with E-state index in [1.54, 1.807) is 25.3 Å². The third-order valence-electron chi connectivity index (χ3n) is 3.15. The van der Waals surface area contributed by atoms with Crippen LogP contribution in [0.25, 0.3) is 11.3 Å². The molecule has 0 aliphatic carbocycles. The van der Waals surface area contributed by atoms with Crippen LogP contribution in [-0.2, 0) is 0 Å². The number of furan rings is 1. The van der Waals surface area contributed by atoms with E-state index in [0.717, 1.165) is 16.9 Å². The van der Waals surface area contributed by atoms with Gasteiger partial charge in [-0.1, -0.05) is 0 Å². The average molecular weight is 299 g/mol. The van der Waals surface area contributed by atoms with Crippen molar-refractivity contribution < 1.29 is 18.6 Å². The van der Waals surface area contributed by atoms with E-state index in [2.05, 4.69) is 15.6 Å². The lowest BCUT2D eigenvalue weighted by molar-refractivity contribution is 0.0995. The van der Waals surface area contributed by atoms with E-state index >= 15 is 0 Å². The molecule has 0 aliphatic rings. The minimum absolute atomic E-state index is 0.181. The van der Waals surface area contributed by atoms with Gasteiger partial charge in [0.25, 0.3) is 5.91 Å². The second-order valence-corrected chi connectivity index (χ2v) is 4.57. The average Bonchev–Trinajstić information content (AvgIpc) is 3.18. The SMILES string of the molecule is COc1ccc(-c2nonc2NC(=O)c2ccco2)c(C)c1. The molecule has 7 heteroatoms. The van der Waals surface area contributed by atoms with Crippen molar-refractivity contribution in [3.63, 3.8) is 0 Å². The molecule has 1 aromatic carbocycles. The number of methoxy groups -OCH3 is 1. The van der Waals surface area contributed by atoms with Gasteiger partial charge in [-0.05, 0) is 53.1 Å². The molecule has 2 heterocycles. The molecule has 3 rings (SSSR count). The summed E-state index contributed by atoms with van der Waals surface area (Å²) >= 11 is 0. The molecule has 22 heavy (non-hydrogen) atoms. The molecule has 0 aliphatic heterocycles. The molecule has 112 valence electrons. The number of nitrogens with zero attached hydrogens (tertiary/aromatic N) is 2. The molecule has 0 saturated carbocycles.